The SMILES string of the molecule is CC.Cc1ccccc1C(=O)Nc1ccc(C(=O)N2CCCC(=O)c3cc(Cl)ccc32)c(C)c1. The van der Waals surface area contributed by atoms with E-state index in [1.165, 1.54) is 0 Å². The third-order valence-corrected chi connectivity index (χ3v) is 5.92. The van der Waals surface area contributed by atoms with Crippen molar-refractivity contribution in [1.82, 2.24) is 0 Å². The average Bonchev–Trinajstić information content (AvgIpc) is 2.99. The van der Waals surface area contributed by atoms with Crippen molar-refractivity contribution < 1.29 is 14.4 Å². The number of carbonyl (C=O) groups excluding carboxylic acids is 3. The van der Waals surface area contributed by atoms with Crippen LogP contribution in [-0.4, -0.2) is 24.1 Å². The van der Waals surface area contributed by atoms with E-state index in [9.17, 15) is 14.4 Å². The minimum Gasteiger partial charge on any atom is -0.322 e. The first kappa shape index (κ1) is 25.2. The second kappa shape index (κ2) is 11.1. The van der Waals surface area contributed by atoms with Gasteiger partial charge in [-0.1, -0.05) is 43.6 Å². The van der Waals surface area contributed by atoms with Crippen LogP contribution >= 0.6 is 11.6 Å². The van der Waals surface area contributed by atoms with Crippen molar-refractivity contribution in [3.63, 3.8) is 0 Å². The molecule has 1 aliphatic heterocycles. The number of benzene rings is 3. The van der Waals surface area contributed by atoms with E-state index in [-0.39, 0.29) is 17.6 Å². The maximum atomic E-state index is 13.4. The van der Waals surface area contributed by atoms with Crippen molar-refractivity contribution in [2.75, 3.05) is 16.8 Å². The molecule has 3 aromatic rings. The number of aryl methyl sites for hydroxylation is 2. The maximum absolute atomic E-state index is 13.4. The van der Waals surface area contributed by atoms with Crippen LogP contribution in [0.1, 0.15) is 68.9 Å². The van der Waals surface area contributed by atoms with Gasteiger partial charge in [-0.2, -0.15) is 0 Å². The van der Waals surface area contributed by atoms with Gasteiger partial charge < -0.3 is 10.2 Å². The molecule has 0 radical (unpaired) electrons. The molecule has 0 atom stereocenters. The number of hydrogen-bond acceptors (Lipinski definition) is 3. The highest BCUT2D eigenvalue weighted by molar-refractivity contribution is 6.31. The van der Waals surface area contributed by atoms with Crippen LogP contribution in [0.5, 0.6) is 0 Å². The third-order valence-electron chi connectivity index (χ3n) is 5.68. The highest BCUT2D eigenvalue weighted by Crippen LogP contribution is 2.31. The monoisotopic (exact) mass is 476 g/mol. The van der Waals surface area contributed by atoms with Gasteiger partial charge in [0.25, 0.3) is 11.8 Å². The van der Waals surface area contributed by atoms with Gasteiger partial charge in [-0.25, -0.2) is 0 Å². The number of ketones is 1. The largest absolute Gasteiger partial charge is 0.322 e. The zero-order valence-electron chi connectivity index (χ0n) is 19.9. The summed E-state index contributed by atoms with van der Waals surface area (Å²) in [6, 6.07) is 17.7. The lowest BCUT2D eigenvalue weighted by Gasteiger charge is -2.23. The van der Waals surface area contributed by atoms with Gasteiger partial charge in [0.2, 0.25) is 0 Å². The molecule has 34 heavy (non-hydrogen) atoms. The predicted molar refractivity (Wildman–Crippen MR) is 138 cm³/mol. The Balaban J connectivity index is 0.00000158. The molecule has 0 aliphatic carbocycles. The molecule has 176 valence electrons. The Morgan fingerprint density at radius 1 is 0.912 bits per heavy atom. The Morgan fingerprint density at radius 3 is 2.35 bits per heavy atom. The van der Waals surface area contributed by atoms with E-state index in [2.05, 4.69) is 5.32 Å². The zero-order chi connectivity index (χ0) is 24.8. The van der Waals surface area contributed by atoms with Crippen LogP contribution in [0.25, 0.3) is 0 Å². The van der Waals surface area contributed by atoms with Crippen molar-refractivity contribution in [1.29, 1.82) is 0 Å². The van der Waals surface area contributed by atoms with Gasteiger partial charge in [0.05, 0.1) is 5.69 Å². The summed E-state index contributed by atoms with van der Waals surface area (Å²) in [5, 5.41) is 3.37. The van der Waals surface area contributed by atoms with Crippen molar-refractivity contribution in [3.8, 4) is 0 Å². The number of nitrogens with zero attached hydrogens (tertiary/aromatic N) is 1. The fourth-order valence-electron chi connectivity index (χ4n) is 3.98. The molecule has 0 aromatic heterocycles. The molecule has 1 N–H and O–H groups in total. The highest BCUT2D eigenvalue weighted by atomic mass is 35.5. The van der Waals surface area contributed by atoms with Crippen molar-refractivity contribution in [2.45, 2.75) is 40.5 Å². The summed E-state index contributed by atoms with van der Waals surface area (Å²) in [4.78, 5) is 40.2. The topological polar surface area (TPSA) is 66.5 Å². The molecule has 0 saturated carbocycles. The molecule has 1 heterocycles. The summed E-state index contributed by atoms with van der Waals surface area (Å²) in [6.07, 6.45) is 0.959. The van der Waals surface area contributed by atoms with Crippen LogP contribution in [0.4, 0.5) is 11.4 Å². The summed E-state index contributed by atoms with van der Waals surface area (Å²) in [5.41, 5.74) is 4.43. The summed E-state index contributed by atoms with van der Waals surface area (Å²) >= 11 is 6.09. The molecule has 0 saturated heterocycles. The number of hydrogen-bond donors (Lipinski definition) is 1. The summed E-state index contributed by atoms with van der Waals surface area (Å²) in [6.45, 7) is 8.17. The Labute approximate surface area is 205 Å². The first-order chi connectivity index (χ1) is 16.3. The van der Waals surface area contributed by atoms with Gasteiger partial charge in [0.15, 0.2) is 5.78 Å². The Kier molecular flexibility index (Phi) is 8.24. The standard InChI is InChI=1S/C26H23ClN2O3.C2H6/c1-16-6-3-4-7-20(16)25(31)28-19-10-11-21(17(2)14-19)26(32)29-13-5-8-24(30)22-15-18(27)9-12-23(22)29;1-2/h3-4,6-7,9-12,14-15H,5,8,13H2,1-2H3,(H,28,31);1-2H3. The summed E-state index contributed by atoms with van der Waals surface area (Å²) < 4.78 is 0. The lowest BCUT2D eigenvalue weighted by molar-refractivity contribution is 0.0973. The fraction of sp³-hybridized carbons (Fsp3) is 0.250. The molecule has 1 aliphatic rings. The van der Waals surface area contributed by atoms with E-state index < -0.39 is 0 Å². The number of halogens is 1. The molecule has 0 bridgehead atoms. The lowest BCUT2D eigenvalue weighted by atomic mass is 10.0. The number of rotatable bonds is 3. The van der Waals surface area contributed by atoms with Gasteiger partial charge in [0.1, 0.15) is 0 Å². The van der Waals surface area contributed by atoms with Gasteiger partial charge in [-0.15, -0.1) is 0 Å². The quantitative estimate of drug-likeness (QED) is 0.449. The first-order valence-electron chi connectivity index (χ1n) is 11.5. The third kappa shape index (κ3) is 5.37. The van der Waals surface area contributed by atoms with Crippen molar-refractivity contribution >= 4 is 40.6 Å². The van der Waals surface area contributed by atoms with Crippen LogP contribution in [0, 0.1) is 13.8 Å². The van der Waals surface area contributed by atoms with Crippen LogP contribution in [-0.2, 0) is 0 Å². The normalized spacial score (nSPS) is 12.7. The van der Waals surface area contributed by atoms with E-state index in [4.69, 9.17) is 11.6 Å². The molecular weight excluding hydrogens is 448 g/mol. The number of nitrogens with one attached hydrogen (secondary N) is 1. The molecule has 5 nitrogen and oxygen atoms in total. The molecule has 0 spiro atoms. The summed E-state index contributed by atoms with van der Waals surface area (Å²) in [7, 11) is 0. The molecule has 2 amide bonds. The minimum atomic E-state index is -0.196. The Bertz CT molecular complexity index is 1240. The summed E-state index contributed by atoms with van der Waals surface area (Å²) in [5.74, 6) is -0.389. The number of amides is 2. The second-order valence-corrected chi connectivity index (χ2v) is 8.38. The van der Waals surface area contributed by atoms with Crippen LogP contribution in [0.15, 0.2) is 60.7 Å². The number of fused-ring (bicyclic) bond motifs is 1. The van der Waals surface area contributed by atoms with Crippen LogP contribution in [0.2, 0.25) is 5.02 Å². The molecule has 0 unspecified atom stereocenters. The van der Waals surface area contributed by atoms with E-state index in [1.807, 2.05) is 45.9 Å². The number of carbonyl (C=O) groups is 3. The molecule has 0 fully saturated rings. The number of anilines is 2. The molecule has 4 rings (SSSR count). The van der Waals surface area contributed by atoms with Crippen LogP contribution in [0.3, 0.4) is 0 Å². The minimum absolute atomic E-state index is 0.0104. The fourth-order valence-corrected chi connectivity index (χ4v) is 4.16. The smallest absolute Gasteiger partial charge is 0.258 e. The Morgan fingerprint density at radius 2 is 1.65 bits per heavy atom. The second-order valence-electron chi connectivity index (χ2n) is 7.94. The molecule has 6 heteroatoms. The van der Waals surface area contributed by atoms with E-state index in [0.717, 1.165) is 11.1 Å². The molecular formula is C28H29ClN2O3. The predicted octanol–water partition coefficient (Wildman–Crippen LogP) is 6.86. The molecule has 3 aromatic carbocycles. The van der Waals surface area contributed by atoms with Gasteiger partial charge in [-0.3, -0.25) is 14.4 Å². The van der Waals surface area contributed by atoms with Gasteiger partial charge in [0, 0.05) is 40.4 Å². The van der Waals surface area contributed by atoms with Gasteiger partial charge >= 0.3 is 0 Å². The van der Waals surface area contributed by atoms with E-state index in [0.29, 0.717) is 52.5 Å². The maximum Gasteiger partial charge on any atom is 0.258 e. The Hall–Kier alpha value is -3.44. The van der Waals surface area contributed by atoms with Crippen molar-refractivity contribution in [2.24, 2.45) is 0 Å². The van der Waals surface area contributed by atoms with Crippen LogP contribution < -0.4 is 10.2 Å². The number of Topliss-reactive ketones (excluding diaryl/α,β-unsaturated/α-hetero) is 1. The lowest BCUT2D eigenvalue weighted by Crippen LogP contribution is -2.32. The average molecular weight is 477 g/mol. The highest BCUT2D eigenvalue weighted by Gasteiger charge is 2.27. The van der Waals surface area contributed by atoms with E-state index in [1.54, 1.807) is 47.4 Å². The van der Waals surface area contributed by atoms with Crippen molar-refractivity contribution in [3.05, 3.63) is 93.5 Å². The van der Waals surface area contributed by atoms with E-state index >= 15 is 0 Å². The first-order valence-corrected chi connectivity index (χ1v) is 11.8. The zero-order valence-corrected chi connectivity index (χ0v) is 20.7. The van der Waals surface area contributed by atoms with Gasteiger partial charge in [-0.05, 0) is 73.9 Å².